The number of hydrogen-bond acceptors (Lipinski definition) is 5. The van der Waals surface area contributed by atoms with Gasteiger partial charge >= 0.3 is 0 Å². The van der Waals surface area contributed by atoms with Crippen LogP contribution in [0.1, 0.15) is 44.9 Å². The first-order valence-corrected chi connectivity index (χ1v) is 11.4. The van der Waals surface area contributed by atoms with Gasteiger partial charge in [-0.1, -0.05) is 35.3 Å². The zero-order chi connectivity index (χ0) is 21.9. The number of benzene rings is 1. The van der Waals surface area contributed by atoms with E-state index in [1.54, 1.807) is 0 Å². The molecule has 2 N–H and O–H groups in total. The molecule has 3 rings (SSSR count). The van der Waals surface area contributed by atoms with Gasteiger partial charge in [0.05, 0.1) is 0 Å². The van der Waals surface area contributed by atoms with E-state index in [1.165, 1.54) is 0 Å². The molecule has 0 spiro atoms. The van der Waals surface area contributed by atoms with Crippen molar-refractivity contribution in [1.82, 2.24) is 25.7 Å². The third-order valence-electron chi connectivity index (χ3n) is 5.05. The Bertz CT molecular complexity index is 876. The molecule has 1 aromatic heterocycles. The van der Waals surface area contributed by atoms with E-state index in [1.807, 2.05) is 36.1 Å². The van der Waals surface area contributed by atoms with E-state index in [0.717, 1.165) is 56.8 Å². The summed E-state index contributed by atoms with van der Waals surface area (Å²) in [4.78, 5) is 23.1. The molecule has 1 amide bonds. The zero-order valence-electron chi connectivity index (χ0n) is 18.5. The fraction of sp³-hybridized carbons (Fsp3) is 0.545. The first-order valence-electron chi connectivity index (χ1n) is 11.0. The monoisotopic (exact) mass is 574 g/mol. The third kappa shape index (κ3) is 8.57. The van der Waals surface area contributed by atoms with E-state index in [2.05, 4.69) is 25.8 Å². The van der Waals surface area contributed by atoms with E-state index in [0.29, 0.717) is 42.7 Å². The maximum atomic E-state index is 12.1. The molecule has 0 aliphatic carbocycles. The highest BCUT2D eigenvalue weighted by atomic mass is 127. The van der Waals surface area contributed by atoms with Gasteiger partial charge in [-0.05, 0) is 38.3 Å². The van der Waals surface area contributed by atoms with Crippen LogP contribution in [0.2, 0.25) is 5.02 Å². The quantitative estimate of drug-likeness (QED) is 0.204. The minimum atomic E-state index is 0. The van der Waals surface area contributed by atoms with Crippen molar-refractivity contribution < 1.29 is 9.32 Å². The summed E-state index contributed by atoms with van der Waals surface area (Å²) in [5.74, 6) is 2.11. The molecular weight excluding hydrogens is 543 g/mol. The molecule has 0 saturated carbocycles. The van der Waals surface area contributed by atoms with E-state index in [9.17, 15) is 4.79 Å². The number of nitrogens with one attached hydrogen (secondary N) is 2. The zero-order valence-corrected chi connectivity index (χ0v) is 21.6. The Balaban J connectivity index is 0.00000363. The molecule has 2 heterocycles. The van der Waals surface area contributed by atoms with Gasteiger partial charge in [0.15, 0.2) is 5.96 Å². The molecule has 0 radical (unpaired) electrons. The van der Waals surface area contributed by atoms with Gasteiger partial charge in [-0.15, -0.1) is 24.0 Å². The fourth-order valence-electron chi connectivity index (χ4n) is 3.46. The van der Waals surface area contributed by atoms with Crippen molar-refractivity contribution in [2.45, 2.75) is 45.4 Å². The Morgan fingerprint density at radius 1 is 1.28 bits per heavy atom. The highest BCUT2D eigenvalue weighted by Crippen LogP contribution is 2.19. The Morgan fingerprint density at radius 3 is 2.97 bits per heavy atom. The Hall–Kier alpha value is -1.88. The van der Waals surface area contributed by atoms with Gasteiger partial charge in [0, 0.05) is 56.2 Å². The number of hydrogen-bond donors (Lipinski definition) is 2. The minimum absolute atomic E-state index is 0. The number of rotatable bonds is 9. The molecular formula is C22H32ClIN6O2. The van der Waals surface area contributed by atoms with Crippen LogP contribution in [0.15, 0.2) is 33.8 Å². The number of likely N-dealkylation sites (tertiary alicyclic amines) is 1. The number of aliphatic imine (C=N–C) groups is 1. The number of halogens is 2. The smallest absolute Gasteiger partial charge is 0.228 e. The van der Waals surface area contributed by atoms with Crippen LogP contribution in [0.4, 0.5) is 0 Å². The predicted molar refractivity (Wildman–Crippen MR) is 138 cm³/mol. The van der Waals surface area contributed by atoms with E-state index >= 15 is 0 Å². The summed E-state index contributed by atoms with van der Waals surface area (Å²) in [7, 11) is 0. The van der Waals surface area contributed by atoms with Crippen LogP contribution < -0.4 is 10.6 Å². The third-order valence-corrected chi connectivity index (χ3v) is 5.29. The van der Waals surface area contributed by atoms with Gasteiger partial charge in [0.1, 0.15) is 0 Å². The average Bonchev–Trinajstić information content (AvgIpc) is 3.14. The van der Waals surface area contributed by atoms with Gasteiger partial charge < -0.3 is 20.1 Å². The Morgan fingerprint density at radius 2 is 2.16 bits per heavy atom. The predicted octanol–water partition coefficient (Wildman–Crippen LogP) is 3.90. The van der Waals surface area contributed by atoms with Crippen LogP contribution in [0.5, 0.6) is 0 Å². The first kappa shape index (κ1) is 26.4. The van der Waals surface area contributed by atoms with E-state index < -0.39 is 0 Å². The van der Waals surface area contributed by atoms with Crippen molar-refractivity contribution in [2.24, 2.45) is 4.99 Å². The molecule has 1 saturated heterocycles. The number of guanidine groups is 1. The van der Waals surface area contributed by atoms with Crippen LogP contribution in [-0.2, 0) is 11.2 Å². The molecule has 8 nitrogen and oxygen atoms in total. The van der Waals surface area contributed by atoms with Crippen molar-refractivity contribution in [3.63, 3.8) is 0 Å². The Kier molecular flexibility index (Phi) is 11.8. The highest BCUT2D eigenvalue weighted by Gasteiger charge is 2.15. The second-order valence-electron chi connectivity index (χ2n) is 7.50. The van der Waals surface area contributed by atoms with Crippen LogP contribution in [0.25, 0.3) is 11.4 Å². The molecule has 1 fully saturated rings. The molecule has 2 aromatic rings. The van der Waals surface area contributed by atoms with Gasteiger partial charge in [-0.2, -0.15) is 4.98 Å². The van der Waals surface area contributed by atoms with Gasteiger partial charge in [-0.25, -0.2) is 0 Å². The molecule has 1 aromatic carbocycles. The second kappa shape index (κ2) is 14.3. The van der Waals surface area contributed by atoms with Crippen molar-refractivity contribution >= 4 is 47.4 Å². The molecule has 1 aliphatic rings. The topological polar surface area (TPSA) is 95.7 Å². The van der Waals surface area contributed by atoms with Crippen LogP contribution >= 0.6 is 35.6 Å². The van der Waals surface area contributed by atoms with Crippen molar-refractivity contribution in [3.05, 3.63) is 35.2 Å². The van der Waals surface area contributed by atoms with Crippen molar-refractivity contribution in [3.8, 4) is 11.4 Å². The number of carbonyl (C=O) groups is 1. The Labute approximate surface area is 211 Å². The van der Waals surface area contributed by atoms with Crippen LogP contribution in [0.3, 0.4) is 0 Å². The normalized spacial score (nSPS) is 14.6. The summed E-state index contributed by atoms with van der Waals surface area (Å²) in [6, 6.07) is 7.37. The lowest BCUT2D eigenvalue weighted by Gasteiger charge is -2.20. The average molecular weight is 575 g/mol. The maximum Gasteiger partial charge on any atom is 0.228 e. The largest absolute Gasteiger partial charge is 0.357 e. The van der Waals surface area contributed by atoms with Crippen LogP contribution in [-0.4, -0.2) is 59.6 Å². The van der Waals surface area contributed by atoms with Gasteiger partial charge in [-0.3, -0.25) is 9.79 Å². The SMILES string of the molecule is CCNC(=NCCCN1CCCCCC1=O)NCCc1nc(-c2cccc(Cl)c2)no1.I. The maximum absolute atomic E-state index is 12.1. The summed E-state index contributed by atoms with van der Waals surface area (Å²) in [6.45, 7) is 5.74. The number of nitrogens with zero attached hydrogens (tertiary/aromatic N) is 4. The molecule has 0 bridgehead atoms. The van der Waals surface area contributed by atoms with E-state index in [4.69, 9.17) is 16.1 Å². The lowest BCUT2D eigenvalue weighted by Crippen LogP contribution is -2.38. The summed E-state index contributed by atoms with van der Waals surface area (Å²) < 4.78 is 5.34. The molecule has 176 valence electrons. The second-order valence-corrected chi connectivity index (χ2v) is 7.94. The number of carbonyl (C=O) groups excluding carboxylic acids is 1. The summed E-state index contributed by atoms with van der Waals surface area (Å²) in [5, 5.41) is 11.2. The summed E-state index contributed by atoms with van der Waals surface area (Å²) in [5.41, 5.74) is 0.827. The molecule has 1 aliphatic heterocycles. The van der Waals surface area contributed by atoms with Crippen LogP contribution in [0, 0.1) is 0 Å². The highest BCUT2D eigenvalue weighted by molar-refractivity contribution is 14.0. The van der Waals surface area contributed by atoms with Gasteiger partial charge in [0.25, 0.3) is 0 Å². The standard InChI is InChI=1S/C22H31ClN6O2.HI/c1-2-24-22(25-12-7-15-29-14-5-3-4-10-20(29)30)26-13-11-19-27-21(28-31-19)17-8-6-9-18(23)16-17;/h6,8-9,16H,2-5,7,10-15H2,1H3,(H2,24,25,26);1H. The molecule has 32 heavy (non-hydrogen) atoms. The van der Waals surface area contributed by atoms with Crippen molar-refractivity contribution in [2.75, 3.05) is 32.7 Å². The summed E-state index contributed by atoms with van der Waals surface area (Å²) >= 11 is 6.02. The fourth-order valence-corrected chi connectivity index (χ4v) is 3.65. The van der Waals surface area contributed by atoms with Crippen molar-refractivity contribution in [1.29, 1.82) is 0 Å². The first-order chi connectivity index (χ1) is 15.2. The van der Waals surface area contributed by atoms with E-state index in [-0.39, 0.29) is 29.9 Å². The molecule has 0 unspecified atom stereocenters. The summed E-state index contributed by atoms with van der Waals surface area (Å²) in [6.07, 6.45) is 5.39. The number of aromatic nitrogens is 2. The van der Waals surface area contributed by atoms with Gasteiger partial charge in [0.2, 0.25) is 17.6 Å². The molecule has 0 atom stereocenters. The lowest BCUT2D eigenvalue weighted by atomic mass is 10.2. The lowest BCUT2D eigenvalue weighted by molar-refractivity contribution is -0.130. The number of amides is 1. The molecule has 10 heteroatoms. The minimum Gasteiger partial charge on any atom is -0.357 e.